The maximum atomic E-state index is 13.1. The van der Waals surface area contributed by atoms with Crippen molar-refractivity contribution in [1.29, 1.82) is 0 Å². The zero-order valence-corrected chi connectivity index (χ0v) is 20.8. The number of thioether (sulfide) groups is 1. The summed E-state index contributed by atoms with van der Waals surface area (Å²) in [5.41, 5.74) is 3.05. The summed E-state index contributed by atoms with van der Waals surface area (Å²) in [6.07, 6.45) is 0. The van der Waals surface area contributed by atoms with E-state index in [2.05, 4.69) is 46.4 Å². The van der Waals surface area contributed by atoms with Gasteiger partial charge in [-0.2, -0.15) is 0 Å². The fourth-order valence-corrected chi connectivity index (χ4v) is 4.11. The zero-order chi connectivity index (χ0) is 22.3. The number of hydrogen-bond acceptors (Lipinski definition) is 3. The molecule has 2 aromatic rings. The highest BCUT2D eigenvalue weighted by atomic mass is 79.9. The van der Waals surface area contributed by atoms with E-state index in [9.17, 15) is 9.59 Å². The Balaban J connectivity index is 2.09. The van der Waals surface area contributed by atoms with Crippen molar-refractivity contribution in [3.8, 4) is 0 Å². The molecule has 0 spiro atoms. The lowest BCUT2D eigenvalue weighted by Gasteiger charge is -2.31. The smallest absolute Gasteiger partial charge is 0.242 e. The summed E-state index contributed by atoms with van der Waals surface area (Å²) in [6.45, 7) is 10.1. The molecule has 0 aliphatic heterocycles. The van der Waals surface area contributed by atoms with E-state index in [0.29, 0.717) is 12.3 Å². The molecule has 0 radical (unpaired) electrons. The lowest BCUT2D eigenvalue weighted by Crippen LogP contribution is -2.52. The largest absolute Gasteiger partial charge is 0.350 e. The van der Waals surface area contributed by atoms with Gasteiger partial charge in [-0.15, -0.1) is 11.8 Å². The van der Waals surface area contributed by atoms with Crippen LogP contribution in [0.5, 0.6) is 0 Å². The van der Waals surface area contributed by atoms with Crippen LogP contribution < -0.4 is 5.32 Å². The highest BCUT2D eigenvalue weighted by Crippen LogP contribution is 2.18. The molecule has 30 heavy (non-hydrogen) atoms. The Morgan fingerprint density at radius 3 is 2.37 bits per heavy atom. The van der Waals surface area contributed by atoms with Crippen LogP contribution in [0.1, 0.15) is 44.4 Å². The Morgan fingerprint density at radius 2 is 1.77 bits per heavy atom. The van der Waals surface area contributed by atoms with E-state index in [1.165, 1.54) is 11.1 Å². The van der Waals surface area contributed by atoms with Gasteiger partial charge in [0.05, 0.1) is 5.75 Å². The SMILES string of the molecule is Cc1cccc(CSCC(=O)N(Cc2ccc(Br)cc2)[C@H](C)C(=O)NC(C)(C)C)c1. The number of hydrogen-bond donors (Lipinski definition) is 1. The van der Waals surface area contributed by atoms with Gasteiger partial charge in [0.15, 0.2) is 0 Å². The van der Waals surface area contributed by atoms with Crippen molar-refractivity contribution in [3.05, 3.63) is 69.7 Å². The first kappa shape index (κ1) is 24.5. The molecule has 4 nitrogen and oxygen atoms in total. The summed E-state index contributed by atoms with van der Waals surface area (Å²) >= 11 is 5.02. The summed E-state index contributed by atoms with van der Waals surface area (Å²) in [5.74, 6) is 0.920. The summed E-state index contributed by atoms with van der Waals surface area (Å²) in [7, 11) is 0. The lowest BCUT2D eigenvalue weighted by molar-refractivity contribution is -0.139. The molecule has 6 heteroatoms. The molecule has 0 saturated carbocycles. The normalized spacial score (nSPS) is 12.3. The van der Waals surface area contributed by atoms with Crippen molar-refractivity contribution in [3.63, 3.8) is 0 Å². The highest BCUT2D eigenvalue weighted by Gasteiger charge is 2.28. The molecule has 0 heterocycles. The number of aryl methyl sites for hydroxylation is 1. The molecule has 0 unspecified atom stereocenters. The number of nitrogens with zero attached hydrogens (tertiary/aromatic N) is 1. The third kappa shape index (κ3) is 8.15. The van der Waals surface area contributed by atoms with Gasteiger partial charge in [-0.05, 0) is 57.9 Å². The van der Waals surface area contributed by atoms with E-state index < -0.39 is 6.04 Å². The summed E-state index contributed by atoms with van der Waals surface area (Å²) in [6, 6.07) is 15.6. The van der Waals surface area contributed by atoms with Crippen LogP contribution >= 0.6 is 27.7 Å². The molecule has 0 bridgehead atoms. The molecule has 1 atom stereocenters. The van der Waals surface area contributed by atoms with E-state index in [1.54, 1.807) is 23.6 Å². The Morgan fingerprint density at radius 1 is 1.10 bits per heavy atom. The maximum Gasteiger partial charge on any atom is 0.242 e. The third-order valence-corrected chi connectivity index (χ3v) is 6.03. The number of nitrogens with one attached hydrogen (secondary N) is 1. The molecule has 2 amide bonds. The molecule has 0 saturated heterocycles. The first-order chi connectivity index (χ1) is 14.0. The third-order valence-electron chi connectivity index (χ3n) is 4.51. The molecular weight excluding hydrogens is 460 g/mol. The van der Waals surface area contributed by atoms with Crippen molar-refractivity contribution in [1.82, 2.24) is 10.2 Å². The summed E-state index contributed by atoms with van der Waals surface area (Å²) in [5, 5.41) is 2.99. The molecule has 0 aliphatic rings. The number of carbonyl (C=O) groups is 2. The van der Waals surface area contributed by atoms with Crippen LogP contribution in [-0.2, 0) is 21.9 Å². The number of benzene rings is 2. The molecule has 0 aromatic heterocycles. The average molecular weight is 491 g/mol. The maximum absolute atomic E-state index is 13.1. The van der Waals surface area contributed by atoms with Crippen molar-refractivity contribution in [2.75, 3.05) is 5.75 Å². The standard InChI is InChI=1S/C24H31BrN2O2S/c1-17-7-6-8-20(13-17)15-30-16-22(28)27(14-19-9-11-21(25)12-10-19)18(2)23(29)26-24(3,4)5/h6-13,18H,14-16H2,1-5H3,(H,26,29)/t18-/m1/s1. The first-order valence-electron chi connectivity index (χ1n) is 10.0. The topological polar surface area (TPSA) is 49.4 Å². The monoisotopic (exact) mass is 490 g/mol. The van der Waals surface area contributed by atoms with E-state index in [-0.39, 0.29) is 17.4 Å². The van der Waals surface area contributed by atoms with E-state index in [0.717, 1.165) is 15.8 Å². The molecule has 2 aromatic carbocycles. The van der Waals surface area contributed by atoms with Gasteiger partial charge >= 0.3 is 0 Å². The van der Waals surface area contributed by atoms with Crippen LogP contribution in [0, 0.1) is 6.92 Å². The fraction of sp³-hybridized carbons (Fsp3) is 0.417. The minimum absolute atomic E-state index is 0.0351. The molecule has 0 aliphatic carbocycles. The van der Waals surface area contributed by atoms with E-state index in [1.807, 2.05) is 51.1 Å². The second-order valence-electron chi connectivity index (χ2n) is 8.55. The summed E-state index contributed by atoms with van der Waals surface area (Å²) < 4.78 is 0.983. The van der Waals surface area contributed by atoms with Crippen molar-refractivity contribution in [2.24, 2.45) is 0 Å². The Bertz CT molecular complexity index is 862. The Kier molecular flexibility index (Phi) is 8.98. The van der Waals surface area contributed by atoms with Gasteiger partial charge in [-0.3, -0.25) is 9.59 Å². The molecule has 162 valence electrons. The second-order valence-corrected chi connectivity index (χ2v) is 10.4. The quantitative estimate of drug-likeness (QED) is 0.544. The molecule has 1 N–H and O–H groups in total. The van der Waals surface area contributed by atoms with Crippen molar-refractivity contribution in [2.45, 2.75) is 58.5 Å². The zero-order valence-electron chi connectivity index (χ0n) is 18.4. The predicted molar refractivity (Wildman–Crippen MR) is 129 cm³/mol. The molecular formula is C24H31BrN2O2S. The van der Waals surface area contributed by atoms with Gasteiger partial charge in [-0.25, -0.2) is 0 Å². The second kappa shape index (κ2) is 11.0. The van der Waals surface area contributed by atoms with Gasteiger partial charge in [-0.1, -0.05) is 57.9 Å². The summed E-state index contributed by atoms with van der Waals surface area (Å²) in [4.78, 5) is 27.5. The number of carbonyl (C=O) groups excluding carboxylic acids is 2. The number of halogens is 1. The van der Waals surface area contributed by atoms with Crippen molar-refractivity contribution >= 4 is 39.5 Å². The average Bonchev–Trinajstić information content (AvgIpc) is 2.65. The van der Waals surface area contributed by atoms with Gasteiger partial charge < -0.3 is 10.2 Å². The van der Waals surface area contributed by atoms with Gasteiger partial charge in [0.25, 0.3) is 0 Å². The predicted octanol–water partition coefficient (Wildman–Crippen LogP) is 5.32. The minimum atomic E-state index is -0.556. The fourth-order valence-electron chi connectivity index (χ4n) is 2.98. The minimum Gasteiger partial charge on any atom is -0.350 e. The highest BCUT2D eigenvalue weighted by molar-refractivity contribution is 9.10. The van der Waals surface area contributed by atoms with Crippen LogP contribution in [-0.4, -0.2) is 34.0 Å². The van der Waals surface area contributed by atoms with Crippen molar-refractivity contribution < 1.29 is 9.59 Å². The van der Waals surface area contributed by atoms with Crippen LogP contribution in [0.25, 0.3) is 0 Å². The van der Waals surface area contributed by atoms with Gasteiger partial charge in [0.1, 0.15) is 6.04 Å². The van der Waals surface area contributed by atoms with Gasteiger partial charge in [0, 0.05) is 22.3 Å². The van der Waals surface area contributed by atoms with E-state index in [4.69, 9.17) is 0 Å². The van der Waals surface area contributed by atoms with Gasteiger partial charge in [0.2, 0.25) is 11.8 Å². The van der Waals surface area contributed by atoms with Crippen LogP contribution in [0.4, 0.5) is 0 Å². The van der Waals surface area contributed by atoms with Crippen LogP contribution in [0.15, 0.2) is 53.0 Å². The molecule has 0 fully saturated rings. The lowest BCUT2D eigenvalue weighted by atomic mass is 10.1. The molecule has 2 rings (SSSR count). The Labute approximate surface area is 192 Å². The van der Waals surface area contributed by atoms with Crippen LogP contribution in [0.3, 0.4) is 0 Å². The number of amides is 2. The Hall–Kier alpha value is -1.79. The first-order valence-corrected chi connectivity index (χ1v) is 12.0. The van der Waals surface area contributed by atoms with Crippen LogP contribution in [0.2, 0.25) is 0 Å². The number of rotatable bonds is 8. The van der Waals surface area contributed by atoms with E-state index >= 15 is 0 Å².